The average Bonchev–Trinajstić information content (AvgIpc) is 3.40. The van der Waals surface area contributed by atoms with Gasteiger partial charge in [-0.3, -0.25) is 4.79 Å². The van der Waals surface area contributed by atoms with Crippen LogP contribution in [0.15, 0.2) is 42.7 Å². The number of hydrogen-bond acceptors (Lipinski definition) is 9. The van der Waals surface area contributed by atoms with Crippen molar-refractivity contribution < 1.29 is 9.53 Å². The number of morpholine rings is 1. The predicted molar refractivity (Wildman–Crippen MR) is 112 cm³/mol. The van der Waals surface area contributed by atoms with E-state index in [0.717, 1.165) is 43.6 Å². The Morgan fingerprint density at radius 3 is 2.23 bits per heavy atom. The van der Waals surface area contributed by atoms with Gasteiger partial charge in [-0.2, -0.15) is 0 Å². The zero-order chi connectivity index (χ0) is 21.0. The second kappa shape index (κ2) is 8.64. The molecule has 160 valence electrons. The van der Waals surface area contributed by atoms with E-state index in [9.17, 15) is 4.79 Å². The number of benzene rings is 1. The molecule has 0 spiro atoms. The lowest BCUT2D eigenvalue weighted by atomic mass is 10.1. The maximum atomic E-state index is 13.0. The van der Waals surface area contributed by atoms with Gasteiger partial charge in [0.25, 0.3) is 5.91 Å². The number of hydrogen-bond donors (Lipinski definition) is 0. The minimum Gasteiger partial charge on any atom is -0.378 e. The zero-order valence-electron chi connectivity index (χ0n) is 17.0. The first kappa shape index (κ1) is 19.4. The van der Waals surface area contributed by atoms with E-state index in [1.807, 2.05) is 35.2 Å². The maximum Gasteiger partial charge on any atom is 0.254 e. The van der Waals surface area contributed by atoms with Crippen LogP contribution in [0.4, 0.5) is 11.6 Å². The monoisotopic (exact) mass is 421 g/mol. The number of carbonyl (C=O) groups excluding carboxylic acids is 1. The number of carbonyl (C=O) groups is 1. The van der Waals surface area contributed by atoms with Gasteiger partial charge in [-0.05, 0) is 40.8 Å². The lowest BCUT2D eigenvalue weighted by Crippen LogP contribution is -2.49. The van der Waals surface area contributed by atoms with E-state index in [1.165, 1.54) is 11.0 Å². The number of tetrazole rings is 1. The molecule has 5 rings (SSSR count). The highest BCUT2D eigenvalue weighted by Crippen LogP contribution is 2.19. The van der Waals surface area contributed by atoms with Crippen molar-refractivity contribution in [1.29, 1.82) is 0 Å². The molecular formula is C20H23N9O2. The van der Waals surface area contributed by atoms with Crippen LogP contribution in [0.1, 0.15) is 10.4 Å². The Balaban J connectivity index is 1.20. The molecule has 2 aliphatic heterocycles. The molecule has 2 aromatic heterocycles. The molecule has 2 saturated heterocycles. The van der Waals surface area contributed by atoms with Crippen LogP contribution in [-0.2, 0) is 4.74 Å². The molecule has 1 amide bonds. The molecule has 0 unspecified atom stereocenters. The van der Waals surface area contributed by atoms with Crippen LogP contribution in [0.3, 0.4) is 0 Å². The van der Waals surface area contributed by atoms with Gasteiger partial charge in [0.15, 0.2) is 11.6 Å². The lowest BCUT2D eigenvalue weighted by molar-refractivity contribution is 0.0746. The van der Waals surface area contributed by atoms with Gasteiger partial charge >= 0.3 is 0 Å². The molecule has 0 saturated carbocycles. The third kappa shape index (κ3) is 4.17. The van der Waals surface area contributed by atoms with Crippen LogP contribution >= 0.6 is 0 Å². The van der Waals surface area contributed by atoms with Crippen molar-refractivity contribution >= 4 is 17.5 Å². The lowest BCUT2D eigenvalue weighted by Gasteiger charge is -2.35. The van der Waals surface area contributed by atoms with Gasteiger partial charge in [0.2, 0.25) is 0 Å². The van der Waals surface area contributed by atoms with Crippen molar-refractivity contribution in [3.63, 3.8) is 0 Å². The van der Waals surface area contributed by atoms with Crippen LogP contribution < -0.4 is 9.80 Å². The highest BCUT2D eigenvalue weighted by atomic mass is 16.5. The second-order valence-corrected chi connectivity index (χ2v) is 7.43. The summed E-state index contributed by atoms with van der Waals surface area (Å²) >= 11 is 0. The molecule has 0 aliphatic carbocycles. The molecule has 2 aliphatic rings. The molecule has 1 aromatic carbocycles. The summed E-state index contributed by atoms with van der Waals surface area (Å²) < 4.78 is 6.92. The summed E-state index contributed by atoms with van der Waals surface area (Å²) in [5, 5.41) is 20.0. The molecule has 2 fully saturated rings. The van der Waals surface area contributed by atoms with Crippen molar-refractivity contribution in [3.05, 3.63) is 48.3 Å². The van der Waals surface area contributed by atoms with E-state index in [4.69, 9.17) is 4.74 Å². The Hall–Kier alpha value is -3.60. The van der Waals surface area contributed by atoms with E-state index in [2.05, 4.69) is 35.5 Å². The Labute approximate surface area is 179 Å². The summed E-state index contributed by atoms with van der Waals surface area (Å²) in [5.74, 6) is 1.72. The van der Waals surface area contributed by atoms with E-state index in [1.54, 1.807) is 6.07 Å². The van der Waals surface area contributed by atoms with Gasteiger partial charge in [0, 0.05) is 44.8 Å². The molecule has 11 nitrogen and oxygen atoms in total. The Bertz CT molecular complexity index is 1010. The first-order valence-electron chi connectivity index (χ1n) is 10.3. The number of nitrogens with zero attached hydrogens (tertiary/aromatic N) is 9. The molecule has 0 N–H and O–H groups in total. The second-order valence-electron chi connectivity index (χ2n) is 7.43. The van der Waals surface area contributed by atoms with Crippen molar-refractivity contribution in [2.45, 2.75) is 0 Å². The minimum atomic E-state index is 0.00308. The molecule has 0 bridgehead atoms. The van der Waals surface area contributed by atoms with Crippen molar-refractivity contribution in [3.8, 4) is 5.69 Å². The summed E-state index contributed by atoms with van der Waals surface area (Å²) in [6.07, 6.45) is 1.51. The average molecular weight is 421 g/mol. The Morgan fingerprint density at radius 1 is 0.871 bits per heavy atom. The molecule has 0 atom stereocenters. The highest BCUT2D eigenvalue weighted by molar-refractivity contribution is 5.95. The number of piperazine rings is 1. The van der Waals surface area contributed by atoms with Gasteiger partial charge in [-0.15, -0.1) is 15.3 Å². The number of anilines is 2. The fourth-order valence-corrected chi connectivity index (χ4v) is 3.83. The summed E-state index contributed by atoms with van der Waals surface area (Å²) in [6, 6.07) is 11.3. The van der Waals surface area contributed by atoms with Crippen molar-refractivity contribution in [2.24, 2.45) is 0 Å². The number of amides is 1. The first-order chi connectivity index (χ1) is 15.3. The van der Waals surface area contributed by atoms with E-state index >= 15 is 0 Å². The maximum absolute atomic E-state index is 13.0. The van der Waals surface area contributed by atoms with Crippen molar-refractivity contribution in [1.82, 2.24) is 35.3 Å². The van der Waals surface area contributed by atoms with E-state index in [-0.39, 0.29) is 5.91 Å². The Kier molecular flexibility index (Phi) is 5.40. The third-order valence-electron chi connectivity index (χ3n) is 5.57. The van der Waals surface area contributed by atoms with Crippen LogP contribution in [0.25, 0.3) is 5.69 Å². The third-order valence-corrected chi connectivity index (χ3v) is 5.57. The zero-order valence-corrected chi connectivity index (χ0v) is 17.0. The molecule has 4 heterocycles. The normalized spacial score (nSPS) is 17.1. The molecule has 31 heavy (non-hydrogen) atoms. The number of aromatic nitrogens is 6. The highest BCUT2D eigenvalue weighted by Gasteiger charge is 2.24. The topological polar surface area (TPSA) is 105 Å². The number of rotatable bonds is 4. The van der Waals surface area contributed by atoms with Crippen LogP contribution in [-0.4, -0.2) is 93.7 Å². The minimum absolute atomic E-state index is 0.00308. The number of ether oxygens (including phenoxy) is 1. The Morgan fingerprint density at radius 2 is 1.58 bits per heavy atom. The van der Waals surface area contributed by atoms with Crippen LogP contribution in [0.2, 0.25) is 0 Å². The summed E-state index contributed by atoms with van der Waals surface area (Å²) in [5.41, 5.74) is 1.38. The fourth-order valence-electron chi connectivity index (χ4n) is 3.83. The smallest absolute Gasteiger partial charge is 0.254 e. The largest absolute Gasteiger partial charge is 0.378 e. The molecule has 0 radical (unpaired) electrons. The predicted octanol–water partition coefficient (Wildman–Crippen LogP) is 0.251. The SMILES string of the molecule is O=C(c1cccc(-n2cnnn2)c1)N1CCN(c2ccc(N3CCOCC3)nn2)CC1. The standard InChI is InChI=1S/C20H23N9O2/c30-20(16-2-1-3-17(14-16)29-15-21-24-25-29)28-8-6-26(7-9-28)18-4-5-19(23-22-18)27-10-12-31-13-11-27/h1-5,14-15H,6-13H2. The molecule has 3 aromatic rings. The van der Waals surface area contributed by atoms with Crippen LogP contribution in [0, 0.1) is 0 Å². The van der Waals surface area contributed by atoms with Crippen LogP contribution in [0.5, 0.6) is 0 Å². The van der Waals surface area contributed by atoms with Gasteiger partial charge in [0.05, 0.1) is 18.9 Å². The van der Waals surface area contributed by atoms with Gasteiger partial charge < -0.3 is 19.4 Å². The molecular weight excluding hydrogens is 398 g/mol. The summed E-state index contributed by atoms with van der Waals surface area (Å²) in [7, 11) is 0. The van der Waals surface area contributed by atoms with E-state index < -0.39 is 0 Å². The summed E-state index contributed by atoms with van der Waals surface area (Å²) in [6.45, 7) is 5.79. The fraction of sp³-hybridized carbons (Fsp3) is 0.400. The van der Waals surface area contributed by atoms with Crippen molar-refractivity contribution in [2.75, 3.05) is 62.3 Å². The van der Waals surface area contributed by atoms with Gasteiger partial charge in [0.1, 0.15) is 6.33 Å². The van der Waals surface area contributed by atoms with E-state index in [0.29, 0.717) is 31.7 Å². The molecule has 11 heteroatoms. The quantitative estimate of drug-likeness (QED) is 0.586. The van der Waals surface area contributed by atoms with Gasteiger partial charge in [-0.1, -0.05) is 6.07 Å². The first-order valence-corrected chi connectivity index (χ1v) is 10.3. The summed E-state index contributed by atoms with van der Waals surface area (Å²) in [4.78, 5) is 19.2. The van der Waals surface area contributed by atoms with Gasteiger partial charge in [-0.25, -0.2) is 4.68 Å².